The maximum atomic E-state index is 13.0. The summed E-state index contributed by atoms with van der Waals surface area (Å²) in [5.74, 6) is -0.525. The first-order valence-corrected chi connectivity index (χ1v) is 8.45. The summed E-state index contributed by atoms with van der Waals surface area (Å²) >= 11 is 0. The quantitative estimate of drug-likeness (QED) is 0.892. The molecule has 1 saturated carbocycles. The lowest BCUT2D eigenvalue weighted by atomic mass is 10.1. The zero-order chi connectivity index (χ0) is 17.3. The molecule has 2 atom stereocenters. The van der Waals surface area contributed by atoms with Crippen LogP contribution in [0.1, 0.15) is 37.9 Å². The highest BCUT2D eigenvalue weighted by Crippen LogP contribution is 2.32. The van der Waals surface area contributed by atoms with Crippen molar-refractivity contribution >= 4 is 11.8 Å². The predicted octanol–water partition coefficient (Wildman–Crippen LogP) is 1.72. The Morgan fingerprint density at radius 2 is 1.96 bits per heavy atom. The van der Waals surface area contributed by atoms with Crippen molar-refractivity contribution in [2.24, 2.45) is 5.92 Å². The third kappa shape index (κ3) is 3.75. The number of halogens is 1. The normalized spacial score (nSPS) is 21.6. The zero-order valence-corrected chi connectivity index (χ0v) is 13.8. The molecule has 5 nitrogen and oxygen atoms in total. The van der Waals surface area contributed by atoms with Gasteiger partial charge in [0.15, 0.2) is 0 Å². The van der Waals surface area contributed by atoms with Gasteiger partial charge in [-0.2, -0.15) is 0 Å². The third-order valence-electron chi connectivity index (χ3n) is 4.88. The molecule has 2 fully saturated rings. The molecule has 24 heavy (non-hydrogen) atoms. The lowest BCUT2D eigenvalue weighted by Crippen LogP contribution is -2.41. The number of amides is 2. The van der Waals surface area contributed by atoms with Gasteiger partial charge in [0.2, 0.25) is 11.8 Å². The minimum atomic E-state index is -0.833. The monoisotopic (exact) mass is 334 g/mol. The SMILES string of the molecule is CC(=O)N1CCC(C(=O)N(CC(O)c2ccc(F)cc2)C2CC2)C1. The van der Waals surface area contributed by atoms with Crippen molar-refractivity contribution in [3.05, 3.63) is 35.6 Å². The van der Waals surface area contributed by atoms with E-state index in [4.69, 9.17) is 0 Å². The molecule has 1 aliphatic heterocycles. The predicted molar refractivity (Wildman–Crippen MR) is 86.5 cm³/mol. The Balaban J connectivity index is 1.65. The van der Waals surface area contributed by atoms with Crippen LogP contribution in [0.25, 0.3) is 0 Å². The second-order valence-corrected chi connectivity index (χ2v) is 6.74. The molecule has 130 valence electrons. The summed E-state index contributed by atoms with van der Waals surface area (Å²) in [6.45, 7) is 2.81. The Kier molecular flexibility index (Phi) is 4.85. The van der Waals surface area contributed by atoms with Crippen molar-refractivity contribution in [1.82, 2.24) is 9.80 Å². The van der Waals surface area contributed by atoms with Crippen LogP contribution in [0.3, 0.4) is 0 Å². The molecule has 2 unspecified atom stereocenters. The molecular formula is C18H23FN2O3. The van der Waals surface area contributed by atoms with E-state index in [1.165, 1.54) is 19.1 Å². The van der Waals surface area contributed by atoms with Crippen LogP contribution in [-0.4, -0.2) is 52.4 Å². The van der Waals surface area contributed by atoms with E-state index in [1.54, 1.807) is 21.9 Å². The maximum Gasteiger partial charge on any atom is 0.227 e. The second-order valence-electron chi connectivity index (χ2n) is 6.74. The number of hydrogen-bond acceptors (Lipinski definition) is 3. The number of nitrogens with zero attached hydrogens (tertiary/aromatic N) is 2. The number of rotatable bonds is 5. The summed E-state index contributed by atoms with van der Waals surface area (Å²) in [6.07, 6.45) is 1.74. The summed E-state index contributed by atoms with van der Waals surface area (Å²) < 4.78 is 13.0. The van der Waals surface area contributed by atoms with Gasteiger partial charge in [-0.1, -0.05) is 12.1 Å². The van der Waals surface area contributed by atoms with Gasteiger partial charge < -0.3 is 14.9 Å². The molecule has 1 aromatic carbocycles. The zero-order valence-electron chi connectivity index (χ0n) is 13.8. The summed E-state index contributed by atoms with van der Waals surface area (Å²) in [6, 6.07) is 5.89. The van der Waals surface area contributed by atoms with E-state index >= 15 is 0 Å². The molecular weight excluding hydrogens is 311 g/mol. The van der Waals surface area contributed by atoms with Gasteiger partial charge in [-0.25, -0.2) is 4.39 Å². The number of hydrogen-bond donors (Lipinski definition) is 1. The first-order chi connectivity index (χ1) is 11.5. The van der Waals surface area contributed by atoms with E-state index in [2.05, 4.69) is 0 Å². The molecule has 0 aromatic heterocycles. The molecule has 6 heteroatoms. The Morgan fingerprint density at radius 3 is 2.50 bits per heavy atom. The van der Waals surface area contributed by atoms with Crippen LogP contribution >= 0.6 is 0 Å². The molecule has 2 aliphatic rings. The van der Waals surface area contributed by atoms with E-state index in [9.17, 15) is 19.1 Å². The standard InChI is InChI=1S/C18H23FN2O3/c1-12(22)20-9-8-14(10-20)18(24)21(16-6-7-16)11-17(23)13-2-4-15(19)5-3-13/h2-5,14,16-17,23H,6-11H2,1H3. The number of aliphatic hydroxyl groups excluding tert-OH is 1. The molecule has 3 rings (SSSR count). The molecule has 1 N–H and O–H groups in total. The van der Waals surface area contributed by atoms with Crippen molar-refractivity contribution < 1.29 is 19.1 Å². The molecule has 1 saturated heterocycles. The summed E-state index contributed by atoms with van der Waals surface area (Å²) in [5.41, 5.74) is 0.603. The van der Waals surface area contributed by atoms with Gasteiger partial charge in [0.1, 0.15) is 5.82 Å². The minimum absolute atomic E-state index is 0.00498. The average Bonchev–Trinajstić information content (AvgIpc) is 3.27. The number of carbonyl (C=O) groups is 2. The van der Waals surface area contributed by atoms with Gasteiger partial charge in [0.05, 0.1) is 18.6 Å². The number of likely N-dealkylation sites (tertiary alicyclic amines) is 1. The van der Waals surface area contributed by atoms with Gasteiger partial charge in [-0.3, -0.25) is 9.59 Å². The lowest BCUT2D eigenvalue weighted by Gasteiger charge is -2.28. The molecule has 0 spiro atoms. The summed E-state index contributed by atoms with van der Waals surface area (Å²) in [7, 11) is 0. The lowest BCUT2D eigenvalue weighted by molar-refractivity contribution is -0.137. The Hall–Kier alpha value is -1.95. The first kappa shape index (κ1) is 16.9. The van der Waals surface area contributed by atoms with Gasteiger partial charge in [0.25, 0.3) is 0 Å². The summed E-state index contributed by atoms with van der Waals surface area (Å²) in [4.78, 5) is 27.7. The van der Waals surface area contributed by atoms with Crippen LogP contribution in [0.4, 0.5) is 4.39 Å². The number of benzene rings is 1. The van der Waals surface area contributed by atoms with E-state index in [0.717, 1.165) is 12.8 Å². The largest absolute Gasteiger partial charge is 0.387 e. The molecule has 2 amide bonds. The Labute approximate surface area is 141 Å². The van der Waals surface area contributed by atoms with Crippen molar-refractivity contribution in [2.45, 2.75) is 38.3 Å². The Bertz CT molecular complexity index is 615. The Morgan fingerprint density at radius 1 is 1.29 bits per heavy atom. The average molecular weight is 334 g/mol. The van der Waals surface area contributed by atoms with Gasteiger partial charge in [-0.15, -0.1) is 0 Å². The highest BCUT2D eigenvalue weighted by atomic mass is 19.1. The topological polar surface area (TPSA) is 60.9 Å². The van der Waals surface area contributed by atoms with Crippen LogP contribution in [-0.2, 0) is 9.59 Å². The van der Waals surface area contributed by atoms with E-state index in [-0.39, 0.29) is 36.1 Å². The van der Waals surface area contributed by atoms with Crippen LogP contribution in [0, 0.1) is 11.7 Å². The fourth-order valence-corrected chi connectivity index (χ4v) is 3.26. The van der Waals surface area contributed by atoms with Crippen molar-refractivity contribution in [3.8, 4) is 0 Å². The van der Waals surface area contributed by atoms with Gasteiger partial charge in [0, 0.05) is 26.1 Å². The number of carbonyl (C=O) groups excluding carboxylic acids is 2. The van der Waals surface area contributed by atoms with Crippen LogP contribution in [0.5, 0.6) is 0 Å². The fourth-order valence-electron chi connectivity index (χ4n) is 3.26. The maximum absolute atomic E-state index is 13.0. The molecule has 1 aromatic rings. The number of aliphatic hydroxyl groups is 1. The molecule has 0 bridgehead atoms. The van der Waals surface area contributed by atoms with E-state index < -0.39 is 6.10 Å². The molecule has 0 radical (unpaired) electrons. The van der Waals surface area contributed by atoms with Crippen LogP contribution < -0.4 is 0 Å². The second kappa shape index (κ2) is 6.89. The van der Waals surface area contributed by atoms with Gasteiger partial charge >= 0.3 is 0 Å². The highest BCUT2D eigenvalue weighted by Gasteiger charge is 2.39. The van der Waals surface area contributed by atoms with Crippen molar-refractivity contribution in [2.75, 3.05) is 19.6 Å². The van der Waals surface area contributed by atoms with Crippen molar-refractivity contribution in [1.29, 1.82) is 0 Å². The third-order valence-corrected chi connectivity index (χ3v) is 4.88. The van der Waals surface area contributed by atoms with E-state index in [0.29, 0.717) is 25.1 Å². The summed E-state index contributed by atoms with van der Waals surface area (Å²) in [5, 5.41) is 10.4. The van der Waals surface area contributed by atoms with Gasteiger partial charge in [-0.05, 0) is 37.0 Å². The molecule has 1 aliphatic carbocycles. The van der Waals surface area contributed by atoms with Crippen LogP contribution in [0.2, 0.25) is 0 Å². The fraction of sp³-hybridized carbons (Fsp3) is 0.556. The smallest absolute Gasteiger partial charge is 0.227 e. The van der Waals surface area contributed by atoms with E-state index in [1.807, 2.05) is 0 Å². The van der Waals surface area contributed by atoms with Crippen molar-refractivity contribution in [3.63, 3.8) is 0 Å². The minimum Gasteiger partial charge on any atom is -0.387 e. The van der Waals surface area contributed by atoms with Crippen LogP contribution in [0.15, 0.2) is 24.3 Å². The molecule has 1 heterocycles. The highest BCUT2D eigenvalue weighted by molar-refractivity contribution is 5.82. The first-order valence-electron chi connectivity index (χ1n) is 8.45.